The lowest BCUT2D eigenvalue weighted by Crippen LogP contribution is -2.10. The van der Waals surface area contributed by atoms with Gasteiger partial charge in [-0.25, -0.2) is 0 Å². The van der Waals surface area contributed by atoms with E-state index in [1.807, 2.05) is 0 Å². The Kier molecular flexibility index (Phi) is 3.62. The van der Waals surface area contributed by atoms with Gasteiger partial charge < -0.3 is 9.73 Å². The van der Waals surface area contributed by atoms with E-state index in [9.17, 15) is 4.79 Å². The molecule has 1 N–H and O–H groups in total. The van der Waals surface area contributed by atoms with Gasteiger partial charge in [-0.1, -0.05) is 23.2 Å². The first-order valence-corrected chi connectivity index (χ1v) is 5.71. The van der Waals surface area contributed by atoms with E-state index in [1.54, 1.807) is 18.2 Å². The van der Waals surface area contributed by atoms with Gasteiger partial charge in [-0.2, -0.15) is 0 Å². The van der Waals surface area contributed by atoms with Crippen LogP contribution in [0.4, 0.5) is 5.69 Å². The minimum Gasteiger partial charge on any atom is -0.440 e. The van der Waals surface area contributed by atoms with Crippen molar-refractivity contribution in [3.8, 4) is 0 Å². The van der Waals surface area contributed by atoms with Gasteiger partial charge in [0.2, 0.25) is 0 Å². The Morgan fingerprint density at radius 3 is 2.24 bits per heavy atom. The minimum atomic E-state index is -0.421. The van der Waals surface area contributed by atoms with Crippen molar-refractivity contribution in [2.45, 2.75) is 0 Å². The number of carbonyl (C=O) groups excluding carboxylic acids is 1. The van der Waals surface area contributed by atoms with Gasteiger partial charge in [0.05, 0.1) is 0 Å². The summed E-state index contributed by atoms with van der Waals surface area (Å²) in [6, 6.07) is 7.69. The maximum absolute atomic E-state index is 11.7. The van der Waals surface area contributed by atoms with Crippen molar-refractivity contribution >= 4 is 46.4 Å². The third kappa shape index (κ3) is 3.16. The number of carbonyl (C=O) groups is 1. The smallest absolute Gasteiger partial charge is 0.291 e. The molecule has 0 bridgehead atoms. The van der Waals surface area contributed by atoms with Gasteiger partial charge in [0, 0.05) is 15.7 Å². The Hall–Kier alpha value is -1.16. The molecule has 0 aliphatic carbocycles. The summed E-state index contributed by atoms with van der Waals surface area (Å²) in [7, 11) is 0. The number of benzene rings is 1. The Morgan fingerprint density at radius 2 is 1.71 bits per heavy atom. The van der Waals surface area contributed by atoms with E-state index in [-0.39, 0.29) is 11.0 Å². The minimum absolute atomic E-state index is 0.117. The van der Waals surface area contributed by atoms with Crippen LogP contribution in [0.1, 0.15) is 10.6 Å². The van der Waals surface area contributed by atoms with E-state index in [2.05, 4.69) is 5.32 Å². The van der Waals surface area contributed by atoms with Crippen LogP contribution in [0.2, 0.25) is 15.3 Å². The summed E-state index contributed by atoms with van der Waals surface area (Å²) < 4.78 is 4.97. The molecular formula is C11H6Cl3NO2. The first-order chi connectivity index (χ1) is 8.04. The Labute approximate surface area is 112 Å². The normalized spacial score (nSPS) is 10.3. The van der Waals surface area contributed by atoms with Crippen LogP contribution in [0.5, 0.6) is 0 Å². The lowest BCUT2D eigenvalue weighted by atomic mass is 10.3. The molecule has 1 heterocycles. The molecule has 0 radical (unpaired) electrons. The lowest BCUT2D eigenvalue weighted by Gasteiger charge is -2.04. The average molecular weight is 291 g/mol. The molecule has 0 fully saturated rings. The van der Waals surface area contributed by atoms with Crippen LogP contribution in [-0.4, -0.2) is 5.91 Å². The van der Waals surface area contributed by atoms with Gasteiger partial charge in [0.25, 0.3) is 5.91 Å². The van der Waals surface area contributed by atoms with Crippen LogP contribution < -0.4 is 5.32 Å². The van der Waals surface area contributed by atoms with Gasteiger partial charge in [0.1, 0.15) is 0 Å². The topological polar surface area (TPSA) is 42.2 Å². The number of anilines is 1. The molecule has 0 aliphatic rings. The standard InChI is InChI=1S/C11H6Cl3NO2/c12-6-3-7(13)5-8(4-6)15-11(16)9-1-2-10(14)17-9/h1-5H,(H,15,16). The molecule has 0 atom stereocenters. The van der Waals surface area contributed by atoms with Crippen molar-refractivity contribution in [2.24, 2.45) is 0 Å². The highest BCUT2D eigenvalue weighted by Crippen LogP contribution is 2.23. The Balaban J connectivity index is 2.18. The van der Waals surface area contributed by atoms with E-state index in [0.29, 0.717) is 15.7 Å². The molecule has 1 aromatic heterocycles. The summed E-state index contributed by atoms with van der Waals surface area (Å²) >= 11 is 17.2. The van der Waals surface area contributed by atoms with Crippen LogP contribution in [-0.2, 0) is 0 Å². The first kappa shape index (κ1) is 12.3. The second kappa shape index (κ2) is 5.00. The van der Waals surface area contributed by atoms with Crippen LogP contribution in [0.15, 0.2) is 34.7 Å². The number of nitrogens with one attached hydrogen (secondary N) is 1. The van der Waals surface area contributed by atoms with Crippen molar-refractivity contribution in [1.29, 1.82) is 0 Å². The molecule has 88 valence electrons. The maximum Gasteiger partial charge on any atom is 0.291 e. The zero-order valence-corrected chi connectivity index (χ0v) is 10.6. The quantitative estimate of drug-likeness (QED) is 0.885. The second-order valence-corrected chi connectivity index (χ2v) is 4.46. The number of furan rings is 1. The summed E-state index contributed by atoms with van der Waals surface area (Å²) in [5, 5.41) is 3.62. The molecular weight excluding hydrogens is 284 g/mol. The van der Waals surface area contributed by atoms with E-state index >= 15 is 0 Å². The highest BCUT2D eigenvalue weighted by molar-refractivity contribution is 6.35. The monoisotopic (exact) mass is 289 g/mol. The predicted octanol–water partition coefficient (Wildman–Crippen LogP) is 4.49. The third-order valence-electron chi connectivity index (χ3n) is 1.92. The number of halogens is 3. The highest BCUT2D eigenvalue weighted by atomic mass is 35.5. The summed E-state index contributed by atoms with van der Waals surface area (Å²) in [4.78, 5) is 11.7. The lowest BCUT2D eigenvalue weighted by molar-refractivity contribution is 0.0997. The van der Waals surface area contributed by atoms with E-state index in [4.69, 9.17) is 39.2 Å². The van der Waals surface area contributed by atoms with Crippen LogP contribution in [0.25, 0.3) is 0 Å². The highest BCUT2D eigenvalue weighted by Gasteiger charge is 2.11. The van der Waals surface area contributed by atoms with Gasteiger partial charge in [-0.15, -0.1) is 0 Å². The molecule has 1 amide bonds. The van der Waals surface area contributed by atoms with Crippen molar-refractivity contribution in [3.05, 3.63) is 51.4 Å². The number of hydrogen-bond donors (Lipinski definition) is 1. The molecule has 0 aliphatic heterocycles. The van der Waals surface area contributed by atoms with E-state index < -0.39 is 5.91 Å². The molecule has 3 nitrogen and oxygen atoms in total. The summed E-state index contributed by atoms with van der Waals surface area (Å²) in [5.41, 5.74) is 0.486. The van der Waals surface area contributed by atoms with Gasteiger partial charge in [-0.3, -0.25) is 4.79 Å². The third-order valence-corrected chi connectivity index (χ3v) is 2.56. The van der Waals surface area contributed by atoms with Crippen molar-refractivity contribution in [2.75, 3.05) is 5.32 Å². The molecule has 6 heteroatoms. The van der Waals surface area contributed by atoms with E-state index in [1.165, 1.54) is 12.1 Å². The molecule has 0 saturated heterocycles. The summed E-state index contributed by atoms with van der Waals surface area (Å²) in [5.74, 6) is -0.304. The van der Waals surface area contributed by atoms with Crippen LogP contribution in [0, 0.1) is 0 Å². The fraction of sp³-hybridized carbons (Fsp3) is 0. The van der Waals surface area contributed by atoms with Crippen molar-refractivity contribution in [1.82, 2.24) is 0 Å². The fourth-order valence-corrected chi connectivity index (χ4v) is 1.93. The summed E-state index contributed by atoms with van der Waals surface area (Å²) in [6.07, 6.45) is 0. The Bertz CT molecular complexity index is 545. The van der Waals surface area contributed by atoms with Gasteiger partial charge in [0.15, 0.2) is 11.0 Å². The summed E-state index contributed by atoms with van der Waals surface area (Å²) in [6.45, 7) is 0. The fourth-order valence-electron chi connectivity index (χ4n) is 1.26. The van der Waals surface area contributed by atoms with E-state index in [0.717, 1.165) is 0 Å². The maximum atomic E-state index is 11.7. The second-order valence-electron chi connectivity index (χ2n) is 3.22. The zero-order valence-electron chi connectivity index (χ0n) is 8.34. The molecule has 17 heavy (non-hydrogen) atoms. The Morgan fingerprint density at radius 1 is 1.06 bits per heavy atom. The molecule has 1 aromatic carbocycles. The number of amides is 1. The number of rotatable bonds is 2. The van der Waals surface area contributed by atoms with Gasteiger partial charge in [-0.05, 0) is 41.9 Å². The van der Waals surface area contributed by atoms with Crippen molar-refractivity contribution < 1.29 is 9.21 Å². The first-order valence-electron chi connectivity index (χ1n) is 4.57. The number of hydrogen-bond acceptors (Lipinski definition) is 2. The van der Waals surface area contributed by atoms with Crippen molar-refractivity contribution in [3.63, 3.8) is 0 Å². The SMILES string of the molecule is O=C(Nc1cc(Cl)cc(Cl)c1)c1ccc(Cl)o1. The predicted molar refractivity (Wildman–Crippen MR) is 68.1 cm³/mol. The molecule has 0 saturated carbocycles. The molecule has 0 unspecified atom stereocenters. The molecule has 2 aromatic rings. The molecule has 2 rings (SSSR count). The largest absolute Gasteiger partial charge is 0.440 e. The van der Waals surface area contributed by atoms with Gasteiger partial charge >= 0.3 is 0 Å². The molecule has 0 spiro atoms. The van der Waals surface area contributed by atoms with Crippen LogP contribution in [0.3, 0.4) is 0 Å². The average Bonchev–Trinajstić information content (AvgIpc) is 2.63. The van der Waals surface area contributed by atoms with Crippen LogP contribution >= 0.6 is 34.8 Å². The zero-order chi connectivity index (χ0) is 12.4.